The number of nitrogens with zero attached hydrogens (tertiary/aromatic N) is 2. The van der Waals surface area contributed by atoms with E-state index in [0.29, 0.717) is 12.6 Å². The van der Waals surface area contributed by atoms with E-state index in [9.17, 15) is 0 Å². The number of nitrogens with two attached hydrogens (primary N) is 1. The van der Waals surface area contributed by atoms with Gasteiger partial charge in [-0.2, -0.15) is 0 Å². The average molecular weight is 237 g/mol. The minimum Gasteiger partial charge on any atom is -0.465 e. The number of furan rings is 1. The number of likely N-dealkylation sites (N-methyl/N-ethyl adjacent to an activating group) is 1. The highest BCUT2D eigenvalue weighted by molar-refractivity contribution is 5.20. The molecule has 1 aromatic rings. The van der Waals surface area contributed by atoms with Crippen LogP contribution in [0.5, 0.6) is 0 Å². The number of aryl methyl sites for hydroxylation is 1. The van der Waals surface area contributed by atoms with E-state index in [1.807, 2.05) is 6.92 Å². The molecule has 0 amide bonds. The molecule has 1 atom stereocenters. The van der Waals surface area contributed by atoms with Crippen molar-refractivity contribution >= 4 is 0 Å². The van der Waals surface area contributed by atoms with Crippen molar-refractivity contribution in [2.45, 2.75) is 33.0 Å². The Kier molecular flexibility index (Phi) is 3.86. The predicted molar refractivity (Wildman–Crippen MR) is 68.7 cm³/mol. The fourth-order valence-corrected chi connectivity index (χ4v) is 2.35. The minimum atomic E-state index is 0.486. The maximum atomic E-state index is 5.59. The van der Waals surface area contributed by atoms with Crippen LogP contribution in [-0.4, -0.2) is 42.5 Å². The van der Waals surface area contributed by atoms with E-state index in [4.69, 9.17) is 10.2 Å². The average Bonchev–Trinajstić information content (AvgIpc) is 2.65. The van der Waals surface area contributed by atoms with Gasteiger partial charge in [0.1, 0.15) is 11.5 Å². The number of piperazine rings is 1. The third-order valence-corrected chi connectivity index (χ3v) is 3.71. The molecule has 0 aromatic carbocycles. The topological polar surface area (TPSA) is 45.6 Å². The summed E-state index contributed by atoms with van der Waals surface area (Å²) in [5, 5.41) is 0. The molecule has 96 valence electrons. The zero-order valence-corrected chi connectivity index (χ0v) is 11.1. The van der Waals surface area contributed by atoms with Crippen LogP contribution in [0.1, 0.15) is 24.0 Å². The van der Waals surface area contributed by atoms with Crippen LogP contribution in [0, 0.1) is 6.92 Å². The summed E-state index contributed by atoms with van der Waals surface area (Å²) >= 11 is 0. The van der Waals surface area contributed by atoms with Gasteiger partial charge in [0.05, 0.1) is 6.54 Å². The Morgan fingerprint density at radius 2 is 2.24 bits per heavy atom. The number of rotatable bonds is 3. The Hall–Kier alpha value is -0.840. The second-order valence-corrected chi connectivity index (χ2v) is 5.06. The van der Waals surface area contributed by atoms with Gasteiger partial charge in [-0.15, -0.1) is 0 Å². The molecular formula is C13H23N3O. The molecule has 4 heteroatoms. The Balaban J connectivity index is 1.98. The maximum absolute atomic E-state index is 5.59. The summed E-state index contributed by atoms with van der Waals surface area (Å²) in [5.41, 5.74) is 6.87. The van der Waals surface area contributed by atoms with E-state index in [0.717, 1.165) is 37.7 Å². The van der Waals surface area contributed by atoms with Gasteiger partial charge in [-0.05, 0) is 27.0 Å². The largest absolute Gasteiger partial charge is 0.465 e. The minimum absolute atomic E-state index is 0.486. The molecule has 2 N–H and O–H groups in total. The number of hydrogen-bond donors (Lipinski definition) is 1. The van der Waals surface area contributed by atoms with Gasteiger partial charge in [-0.3, -0.25) is 4.90 Å². The van der Waals surface area contributed by atoms with Gasteiger partial charge in [0.15, 0.2) is 0 Å². The van der Waals surface area contributed by atoms with Crippen LogP contribution in [-0.2, 0) is 13.1 Å². The van der Waals surface area contributed by atoms with Crippen molar-refractivity contribution in [1.29, 1.82) is 0 Å². The second-order valence-electron chi connectivity index (χ2n) is 5.06. The van der Waals surface area contributed by atoms with Crippen molar-refractivity contribution in [3.05, 3.63) is 23.2 Å². The molecule has 0 radical (unpaired) electrons. The highest BCUT2D eigenvalue weighted by atomic mass is 16.3. The van der Waals surface area contributed by atoms with E-state index in [-0.39, 0.29) is 0 Å². The summed E-state index contributed by atoms with van der Waals surface area (Å²) in [6.07, 6.45) is 0. The van der Waals surface area contributed by atoms with Crippen molar-refractivity contribution in [3.63, 3.8) is 0 Å². The molecule has 0 bridgehead atoms. The Morgan fingerprint density at radius 1 is 1.47 bits per heavy atom. The van der Waals surface area contributed by atoms with Crippen molar-refractivity contribution in [2.75, 3.05) is 26.7 Å². The Labute approximate surface area is 103 Å². The van der Waals surface area contributed by atoms with E-state index in [1.165, 1.54) is 5.56 Å². The fourth-order valence-electron chi connectivity index (χ4n) is 2.35. The quantitative estimate of drug-likeness (QED) is 0.857. The molecular weight excluding hydrogens is 214 g/mol. The molecule has 1 aromatic heterocycles. The Bertz CT molecular complexity index is 375. The van der Waals surface area contributed by atoms with Crippen LogP contribution >= 0.6 is 0 Å². The zero-order valence-electron chi connectivity index (χ0n) is 11.1. The normalized spacial score (nSPS) is 23.2. The first kappa shape index (κ1) is 12.6. The van der Waals surface area contributed by atoms with Crippen LogP contribution in [0.4, 0.5) is 0 Å². The van der Waals surface area contributed by atoms with E-state index in [2.05, 4.69) is 29.8 Å². The van der Waals surface area contributed by atoms with Crippen LogP contribution in [0.15, 0.2) is 10.5 Å². The highest BCUT2D eigenvalue weighted by Crippen LogP contribution is 2.18. The molecule has 4 nitrogen and oxygen atoms in total. The van der Waals surface area contributed by atoms with Gasteiger partial charge in [0.2, 0.25) is 0 Å². The van der Waals surface area contributed by atoms with Crippen LogP contribution in [0.2, 0.25) is 0 Å². The lowest BCUT2D eigenvalue weighted by molar-refractivity contribution is 0.0996. The molecule has 1 unspecified atom stereocenters. The summed E-state index contributed by atoms with van der Waals surface area (Å²) in [6.45, 7) is 9.16. The van der Waals surface area contributed by atoms with Gasteiger partial charge in [-0.1, -0.05) is 0 Å². The second kappa shape index (κ2) is 5.21. The monoisotopic (exact) mass is 237 g/mol. The molecule has 2 rings (SSSR count). The Morgan fingerprint density at radius 3 is 2.82 bits per heavy atom. The summed E-state index contributed by atoms with van der Waals surface area (Å²) in [7, 11) is 2.19. The molecule has 1 saturated heterocycles. The van der Waals surface area contributed by atoms with Gasteiger partial charge < -0.3 is 15.1 Å². The smallest absolute Gasteiger partial charge is 0.118 e. The first-order chi connectivity index (χ1) is 8.10. The molecule has 0 spiro atoms. The van der Waals surface area contributed by atoms with E-state index >= 15 is 0 Å². The first-order valence-electron chi connectivity index (χ1n) is 6.31. The van der Waals surface area contributed by atoms with Crippen molar-refractivity contribution < 1.29 is 4.42 Å². The number of hydrogen-bond acceptors (Lipinski definition) is 4. The van der Waals surface area contributed by atoms with Crippen molar-refractivity contribution in [1.82, 2.24) is 9.80 Å². The van der Waals surface area contributed by atoms with Gasteiger partial charge in [0, 0.05) is 37.8 Å². The molecule has 1 aliphatic heterocycles. The lowest BCUT2D eigenvalue weighted by atomic mass is 10.1. The summed E-state index contributed by atoms with van der Waals surface area (Å²) in [6, 6.07) is 2.73. The third-order valence-electron chi connectivity index (χ3n) is 3.71. The van der Waals surface area contributed by atoms with E-state index < -0.39 is 0 Å². The van der Waals surface area contributed by atoms with Gasteiger partial charge in [-0.25, -0.2) is 0 Å². The maximum Gasteiger partial charge on any atom is 0.118 e. The molecule has 0 saturated carbocycles. The van der Waals surface area contributed by atoms with Gasteiger partial charge in [0.25, 0.3) is 0 Å². The summed E-state index contributed by atoms with van der Waals surface area (Å²) < 4.78 is 5.59. The SMILES string of the molecule is Cc1oc(CN)cc1CN1CCN(C)C(C)C1. The van der Waals surface area contributed by atoms with E-state index in [1.54, 1.807) is 0 Å². The van der Waals surface area contributed by atoms with Crippen LogP contribution in [0.3, 0.4) is 0 Å². The third kappa shape index (κ3) is 2.89. The standard InChI is InChI=1S/C13H23N3O/c1-10-8-16(5-4-15(10)3)9-12-6-13(7-14)17-11(12)2/h6,10H,4-5,7-9,14H2,1-3H3. The van der Waals surface area contributed by atoms with Crippen molar-refractivity contribution in [2.24, 2.45) is 5.73 Å². The van der Waals surface area contributed by atoms with Crippen molar-refractivity contribution in [3.8, 4) is 0 Å². The molecule has 2 heterocycles. The lowest BCUT2D eigenvalue weighted by Crippen LogP contribution is -2.49. The molecule has 1 fully saturated rings. The molecule has 0 aliphatic carbocycles. The van der Waals surface area contributed by atoms with Crippen LogP contribution < -0.4 is 5.73 Å². The summed E-state index contributed by atoms with van der Waals surface area (Å²) in [5.74, 6) is 1.90. The van der Waals surface area contributed by atoms with Crippen LogP contribution in [0.25, 0.3) is 0 Å². The predicted octanol–water partition coefficient (Wildman–Crippen LogP) is 1.18. The summed E-state index contributed by atoms with van der Waals surface area (Å²) in [4.78, 5) is 4.90. The molecule has 17 heavy (non-hydrogen) atoms. The van der Waals surface area contributed by atoms with Gasteiger partial charge >= 0.3 is 0 Å². The molecule has 1 aliphatic rings. The lowest BCUT2D eigenvalue weighted by Gasteiger charge is -2.37. The first-order valence-corrected chi connectivity index (χ1v) is 6.31. The fraction of sp³-hybridized carbons (Fsp3) is 0.692. The highest BCUT2D eigenvalue weighted by Gasteiger charge is 2.21. The zero-order chi connectivity index (χ0) is 12.4.